The van der Waals surface area contributed by atoms with Gasteiger partial charge in [0.1, 0.15) is 0 Å². The predicted octanol–water partition coefficient (Wildman–Crippen LogP) is 3.94. The van der Waals surface area contributed by atoms with Crippen molar-refractivity contribution in [2.75, 3.05) is 32.8 Å². The average molecular weight is 506 g/mol. The quantitative estimate of drug-likeness (QED) is 0.207. The normalized spacial score (nSPS) is 16.6. The molecule has 5 nitrogen and oxygen atoms in total. The summed E-state index contributed by atoms with van der Waals surface area (Å²) in [5, 5.41) is 8.04. The van der Waals surface area contributed by atoms with Gasteiger partial charge in [0.2, 0.25) is 0 Å². The minimum atomic E-state index is 0. The van der Waals surface area contributed by atoms with E-state index in [2.05, 4.69) is 17.6 Å². The maximum Gasteiger partial charge on any atom is 0.191 e. The van der Waals surface area contributed by atoms with Crippen molar-refractivity contribution in [2.24, 2.45) is 10.9 Å². The van der Waals surface area contributed by atoms with Gasteiger partial charge in [0, 0.05) is 44.1 Å². The highest BCUT2D eigenvalue weighted by atomic mass is 127. The lowest BCUT2D eigenvalue weighted by Crippen LogP contribution is -2.38. The van der Waals surface area contributed by atoms with Gasteiger partial charge in [-0.05, 0) is 64.2 Å². The molecule has 7 heteroatoms. The van der Waals surface area contributed by atoms with E-state index in [1.54, 1.807) is 0 Å². The van der Waals surface area contributed by atoms with Crippen LogP contribution in [0, 0.1) is 5.92 Å². The van der Waals surface area contributed by atoms with E-state index in [1.807, 2.05) is 11.3 Å². The molecule has 0 unspecified atom stereocenters. The number of aromatic nitrogens is 1. The first-order chi connectivity index (χ1) is 12.8. The monoisotopic (exact) mass is 506 g/mol. The lowest BCUT2D eigenvalue weighted by atomic mass is 10.0. The van der Waals surface area contributed by atoms with Crippen LogP contribution in [0.3, 0.4) is 0 Å². The number of hydrogen-bond donors (Lipinski definition) is 2. The SMILES string of the molecule is CCNC(=NCCCc1nc2c(s1)CCCC2)NCCCOCC1CC1.I. The Labute approximate surface area is 185 Å². The molecule has 27 heavy (non-hydrogen) atoms. The highest BCUT2D eigenvalue weighted by molar-refractivity contribution is 14.0. The summed E-state index contributed by atoms with van der Waals surface area (Å²) in [5.74, 6) is 1.78. The molecule has 0 bridgehead atoms. The van der Waals surface area contributed by atoms with Crippen LogP contribution in [0.25, 0.3) is 0 Å². The molecule has 1 heterocycles. The molecule has 1 fully saturated rings. The molecule has 2 aliphatic rings. The van der Waals surface area contributed by atoms with Crippen LogP contribution in [0.5, 0.6) is 0 Å². The molecule has 0 aromatic carbocycles. The second kappa shape index (κ2) is 12.9. The van der Waals surface area contributed by atoms with E-state index in [0.29, 0.717) is 0 Å². The van der Waals surface area contributed by atoms with Gasteiger partial charge in [-0.2, -0.15) is 0 Å². The molecule has 0 spiro atoms. The molecule has 154 valence electrons. The largest absolute Gasteiger partial charge is 0.381 e. The fourth-order valence-electron chi connectivity index (χ4n) is 3.19. The van der Waals surface area contributed by atoms with E-state index >= 15 is 0 Å². The Balaban J connectivity index is 0.00000261. The Morgan fingerprint density at radius 3 is 2.85 bits per heavy atom. The van der Waals surface area contributed by atoms with Crippen LogP contribution in [0.15, 0.2) is 4.99 Å². The Hall–Kier alpha value is -0.410. The number of guanidine groups is 1. The number of halogens is 1. The molecular formula is C20H35IN4OS. The maximum atomic E-state index is 5.68. The summed E-state index contributed by atoms with van der Waals surface area (Å²) in [7, 11) is 0. The van der Waals surface area contributed by atoms with Gasteiger partial charge in [-0.3, -0.25) is 4.99 Å². The van der Waals surface area contributed by atoms with Crippen molar-refractivity contribution in [3.63, 3.8) is 0 Å². The van der Waals surface area contributed by atoms with Crippen LogP contribution < -0.4 is 10.6 Å². The number of fused-ring (bicyclic) bond motifs is 1. The summed E-state index contributed by atoms with van der Waals surface area (Å²) in [4.78, 5) is 11.1. The molecule has 2 N–H and O–H groups in total. The van der Waals surface area contributed by atoms with Crippen molar-refractivity contribution >= 4 is 41.3 Å². The molecule has 0 saturated heterocycles. The smallest absolute Gasteiger partial charge is 0.191 e. The van der Waals surface area contributed by atoms with Crippen molar-refractivity contribution < 1.29 is 4.74 Å². The predicted molar refractivity (Wildman–Crippen MR) is 125 cm³/mol. The number of ether oxygens (including phenoxy) is 1. The zero-order valence-electron chi connectivity index (χ0n) is 16.6. The molecule has 1 aromatic heterocycles. The third-order valence-electron chi connectivity index (χ3n) is 4.86. The fourth-order valence-corrected chi connectivity index (χ4v) is 4.39. The summed E-state index contributed by atoms with van der Waals surface area (Å²) in [6.45, 7) is 6.55. The van der Waals surface area contributed by atoms with Gasteiger partial charge in [0.05, 0.1) is 10.7 Å². The van der Waals surface area contributed by atoms with E-state index in [9.17, 15) is 0 Å². The Morgan fingerprint density at radius 1 is 1.22 bits per heavy atom. The molecule has 0 amide bonds. The van der Waals surface area contributed by atoms with E-state index in [1.165, 1.54) is 54.1 Å². The van der Waals surface area contributed by atoms with Gasteiger partial charge < -0.3 is 15.4 Å². The van der Waals surface area contributed by atoms with Crippen molar-refractivity contribution in [2.45, 2.75) is 64.7 Å². The first-order valence-electron chi connectivity index (χ1n) is 10.4. The maximum absolute atomic E-state index is 5.68. The van der Waals surface area contributed by atoms with Gasteiger partial charge >= 0.3 is 0 Å². The first-order valence-corrected chi connectivity index (χ1v) is 11.2. The van der Waals surface area contributed by atoms with Crippen molar-refractivity contribution in [3.8, 4) is 0 Å². The number of aryl methyl sites for hydroxylation is 3. The zero-order valence-corrected chi connectivity index (χ0v) is 19.7. The molecule has 0 aliphatic heterocycles. The summed E-state index contributed by atoms with van der Waals surface area (Å²) in [6.07, 6.45) is 10.9. The Bertz CT molecular complexity index is 551. The topological polar surface area (TPSA) is 58.5 Å². The third kappa shape index (κ3) is 8.64. The number of aliphatic imine (C=N–C) groups is 1. The third-order valence-corrected chi connectivity index (χ3v) is 6.08. The van der Waals surface area contributed by atoms with Crippen LogP contribution in [0.2, 0.25) is 0 Å². The minimum Gasteiger partial charge on any atom is -0.381 e. The van der Waals surface area contributed by atoms with Crippen LogP contribution in [-0.4, -0.2) is 43.8 Å². The van der Waals surface area contributed by atoms with E-state index in [-0.39, 0.29) is 24.0 Å². The number of thiazole rings is 1. The summed E-state index contributed by atoms with van der Waals surface area (Å²) in [5.41, 5.74) is 1.37. The van der Waals surface area contributed by atoms with Gasteiger partial charge in [-0.25, -0.2) is 4.98 Å². The summed E-state index contributed by atoms with van der Waals surface area (Å²) < 4.78 is 5.68. The molecule has 2 aliphatic carbocycles. The lowest BCUT2D eigenvalue weighted by Gasteiger charge is -2.11. The second-order valence-corrected chi connectivity index (χ2v) is 8.52. The summed E-state index contributed by atoms with van der Waals surface area (Å²) >= 11 is 1.93. The van der Waals surface area contributed by atoms with Crippen molar-refractivity contribution in [1.82, 2.24) is 15.6 Å². The zero-order chi connectivity index (χ0) is 18.0. The fraction of sp³-hybridized carbons (Fsp3) is 0.800. The van der Waals surface area contributed by atoms with Gasteiger partial charge in [-0.15, -0.1) is 35.3 Å². The average Bonchev–Trinajstić information content (AvgIpc) is 3.38. The van der Waals surface area contributed by atoms with Gasteiger partial charge in [-0.1, -0.05) is 0 Å². The van der Waals surface area contributed by atoms with Gasteiger partial charge in [0.25, 0.3) is 0 Å². The lowest BCUT2D eigenvalue weighted by molar-refractivity contribution is 0.123. The first kappa shape index (κ1) is 22.9. The van der Waals surface area contributed by atoms with Crippen LogP contribution in [0.1, 0.15) is 61.0 Å². The van der Waals surface area contributed by atoms with Crippen LogP contribution in [-0.2, 0) is 24.0 Å². The highest BCUT2D eigenvalue weighted by Gasteiger charge is 2.20. The molecular weight excluding hydrogens is 471 g/mol. The molecule has 3 rings (SSSR count). The number of hydrogen-bond acceptors (Lipinski definition) is 4. The number of nitrogens with one attached hydrogen (secondary N) is 2. The second-order valence-electron chi connectivity index (χ2n) is 7.35. The van der Waals surface area contributed by atoms with Crippen molar-refractivity contribution in [3.05, 3.63) is 15.6 Å². The van der Waals surface area contributed by atoms with E-state index < -0.39 is 0 Å². The Morgan fingerprint density at radius 2 is 2.07 bits per heavy atom. The Kier molecular flexibility index (Phi) is 11.0. The number of rotatable bonds is 11. The van der Waals surface area contributed by atoms with Crippen molar-refractivity contribution in [1.29, 1.82) is 0 Å². The van der Waals surface area contributed by atoms with Gasteiger partial charge in [0.15, 0.2) is 5.96 Å². The van der Waals surface area contributed by atoms with E-state index in [0.717, 1.165) is 64.0 Å². The molecule has 1 saturated carbocycles. The number of nitrogens with zero attached hydrogens (tertiary/aromatic N) is 2. The van der Waals surface area contributed by atoms with Crippen LogP contribution in [0.4, 0.5) is 0 Å². The molecule has 1 aromatic rings. The molecule has 0 atom stereocenters. The minimum absolute atomic E-state index is 0. The van der Waals surface area contributed by atoms with E-state index in [4.69, 9.17) is 14.7 Å². The molecule has 0 radical (unpaired) electrons. The van der Waals surface area contributed by atoms with Crippen LogP contribution >= 0.6 is 35.3 Å². The standard InChI is InChI=1S/C20H34N4OS.HI/c1-2-21-20(23-13-6-14-25-15-16-10-11-16)22-12-5-9-19-24-17-7-3-4-8-18(17)26-19;/h16H,2-15H2,1H3,(H2,21,22,23);1H. The highest BCUT2D eigenvalue weighted by Crippen LogP contribution is 2.28. The summed E-state index contributed by atoms with van der Waals surface area (Å²) in [6, 6.07) is 0.